The lowest BCUT2D eigenvalue weighted by Gasteiger charge is -2.25. The maximum atomic E-state index is 12.8. The fourth-order valence-electron chi connectivity index (χ4n) is 4.04. The second-order valence-corrected chi connectivity index (χ2v) is 9.87. The molecule has 0 aliphatic heterocycles. The van der Waals surface area contributed by atoms with Crippen molar-refractivity contribution in [3.63, 3.8) is 0 Å². The van der Waals surface area contributed by atoms with Crippen LogP contribution in [0.5, 0.6) is 5.75 Å². The number of hydrogen-bond acceptors (Lipinski definition) is 4. The van der Waals surface area contributed by atoms with Gasteiger partial charge in [-0.05, 0) is 80.0 Å². The molecular formula is C24H32N2O4S. The van der Waals surface area contributed by atoms with Gasteiger partial charge >= 0.3 is 0 Å². The first-order valence-corrected chi connectivity index (χ1v) is 12.8. The quantitative estimate of drug-likeness (QED) is 0.634. The van der Waals surface area contributed by atoms with Crippen molar-refractivity contribution in [3.8, 4) is 5.75 Å². The van der Waals surface area contributed by atoms with Crippen molar-refractivity contribution in [2.45, 2.75) is 52.0 Å². The van der Waals surface area contributed by atoms with Gasteiger partial charge in [0, 0.05) is 0 Å². The average molecular weight is 445 g/mol. The van der Waals surface area contributed by atoms with Crippen LogP contribution < -0.4 is 14.4 Å². The Morgan fingerprint density at radius 1 is 1.06 bits per heavy atom. The molecule has 1 N–H and O–H groups in total. The number of hydrogen-bond donors (Lipinski definition) is 1. The van der Waals surface area contributed by atoms with Crippen LogP contribution in [0.2, 0.25) is 0 Å². The number of anilines is 1. The number of benzene rings is 2. The smallest absolute Gasteiger partial charge is 0.241 e. The van der Waals surface area contributed by atoms with E-state index in [-0.39, 0.29) is 18.5 Å². The second kappa shape index (κ2) is 10.2. The monoisotopic (exact) mass is 444 g/mol. The molecule has 0 heterocycles. The van der Waals surface area contributed by atoms with Crippen LogP contribution in [0.4, 0.5) is 5.69 Å². The van der Waals surface area contributed by atoms with E-state index in [0.717, 1.165) is 35.4 Å². The van der Waals surface area contributed by atoms with Crippen molar-refractivity contribution in [2.75, 3.05) is 23.7 Å². The molecule has 0 saturated heterocycles. The standard InChI is InChI=1S/C24H32N2O4S/c1-4-23(20-11-10-18-8-6-7-9-19(18)16-20)25-24(27)17-26(31(3,28)29)21-12-14-22(15-13-21)30-5-2/h10-16,23H,4-9,17H2,1-3H3,(H,25,27)/t23-/m0/s1. The summed E-state index contributed by atoms with van der Waals surface area (Å²) in [4.78, 5) is 12.8. The number of fused-ring (bicyclic) bond motifs is 1. The number of carbonyl (C=O) groups excluding carboxylic acids is 1. The number of nitrogens with zero attached hydrogens (tertiary/aromatic N) is 1. The van der Waals surface area contributed by atoms with Gasteiger partial charge in [0.2, 0.25) is 15.9 Å². The molecule has 3 rings (SSSR count). The Hall–Kier alpha value is -2.54. The van der Waals surface area contributed by atoms with Gasteiger partial charge in [0.1, 0.15) is 12.3 Å². The number of carbonyl (C=O) groups is 1. The molecular weight excluding hydrogens is 412 g/mol. The first kappa shape index (κ1) is 23.1. The highest BCUT2D eigenvalue weighted by Gasteiger charge is 2.23. The Labute approximate surface area is 185 Å². The van der Waals surface area contributed by atoms with Gasteiger partial charge in [-0.1, -0.05) is 25.1 Å². The van der Waals surface area contributed by atoms with Crippen LogP contribution in [-0.4, -0.2) is 33.7 Å². The molecule has 0 unspecified atom stereocenters. The minimum atomic E-state index is -3.63. The summed E-state index contributed by atoms with van der Waals surface area (Å²) in [5.74, 6) is 0.325. The van der Waals surface area contributed by atoms with Crippen LogP contribution in [0.15, 0.2) is 42.5 Å². The normalized spacial score (nSPS) is 14.4. The lowest BCUT2D eigenvalue weighted by Crippen LogP contribution is -2.41. The molecule has 0 spiro atoms. The molecule has 0 radical (unpaired) electrons. The van der Waals surface area contributed by atoms with Crippen molar-refractivity contribution >= 4 is 21.6 Å². The summed E-state index contributed by atoms with van der Waals surface area (Å²) in [5.41, 5.74) is 4.27. The third-order valence-electron chi connectivity index (χ3n) is 5.64. The summed E-state index contributed by atoms with van der Waals surface area (Å²) in [7, 11) is -3.63. The van der Waals surface area contributed by atoms with Crippen molar-refractivity contribution in [1.29, 1.82) is 0 Å². The van der Waals surface area contributed by atoms with Crippen molar-refractivity contribution in [2.24, 2.45) is 0 Å². The van der Waals surface area contributed by atoms with E-state index in [2.05, 4.69) is 23.5 Å². The highest BCUT2D eigenvalue weighted by Crippen LogP contribution is 2.26. The molecule has 1 atom stereocenters. The number of amides is 1. The summed E-state index contributed by atoms with van der Waals surface area (Å²) >= 11 is 0. The van der Waals surface area contributed by atoms with Crippen LogP contribution in [0.1, 0.15) is 55.8 Å². The topological polar surface area (TPSA) is 75.7 Å². The van der Waals surface area contributed by atoms with Gasteiger partial charge in [-0.3, -0.25) is 9.10 Å². The van der Waals surface area contributed by atoms with Crippen molar-refractivity contribution in [1.82, 2.24) is 5.32 Å². The summed E-state index contributed by atoms with van der Waals surface area (Å²) in [5, 5.41) is 3.02. The van der Waals surface area contributed by atoms with Crippen molar-refractivity contribution < 1.29 is 17.9 Å². The SMILES string of the molecule is CCOc1ccc(N(CC(=O)N[C@@H](CC)c2ccc3c(c2)CCCC3)S(C)(=O)=O)cc1. The maximum absolute atomic E-state index is 12.8. The maximum Gasteiger partial charge on any atom is 0.241 e. The van der Waals surface area contributed by atoms with Gasteiger partial charge < -0.3 is 10.1 Å². The molecule has 7 heteroatoms. The molecule has 31 heavy (non-hydrogen) atoms. The van der Waals surface area contributed by atoms with E-state index in [1.54, 1.807) is 24.3 Å². The molecule has 0 fully saturated rings. The lowest BCUT2D eigenvalue weighted by atomic mass is 9.89. The highest BCUT2D eigenvalue weighted by atomic mass is 32.2. The van der Waals surface area contributed by atoms with Gasteiger partial charge in [-0.15, -0.1) is 0 Å². The minimum absolute atomic E-state index is 0.151. The van der Waals surface area contributed by atoms with Gasteiger partial charge in [0.05, 0.1) is 24.6 Å². The van der Waals surface area contributed by atoms with E-state index >= 15 is 0 Å². The van der Waals surface area contributed by atoms with Crippen LogP contribution in [0.25, 0.3) is 0 Å². The van der Waals surface area contributed by atoms with Gasteiger partial charge in [0.15, 0.2) is 0 Å². The number of aryl methyl sites for hydroxylation is 2. The van der Waals surface area contributed by atoms with E-state index in [0.29, 0.717) is 18.0 Å². The predicted octanol–water partition coefficient (Wildman–Crippen LogP) is 4.00. The second-order valence-electron chi connectivity index (χ2n) is 7.96. The largest absolute Gasteiger partial charge is 0.494 e. The Bertz CT molecular complexity index is 1000. The Kier molecular flexibility index (Phi) is 7.59. The molecule has 0 saturated carbocycles. The van der Waals surface area contributed by atoms with E-state index in [1.807, 2.05) is 13.8 Å². The molecule has 168 valence electrons. The fraction of sp³-hybridized carbons (Fsp3) is 0.458. The predicted molar refractivity (Wildman–Crippen MR) is 124 cm³/mol. The number of ether oxygens (including phenoxy) is 1. The van der Waals surface area contributed by atoms with Crippen LogP contribution >= 0.6 is 0 Å². The highest BCUT2D eigenvalue weighted by molar-refractivity contribution is 7.92. The third-order valence-corrected chi connectivity index (χ3v) is 6.78. The van der Waals surface area contributed by atoms with Crippen molar-refractivity contribution in [3.05, 3.63) is 59.2 Å². The number of sulfonamides is 1. The first-order chi connectivity index (χ1) is 14.8. The van der Waals surface area contributed by atoms with Crippen LogP contribution in [0.3, 0.4) is 0 Å². The fourth-order valence-corrected chi connectivity index (χ4v) is 4.89. The Morgan fingerprint density at radius 3 is 2.35 bits per heavy atom. The number of rotatable bonds is 9. The molecule has 0 aromatic heterocycles. The average Bonchev–Trinajstić information content (AvgIpc) is 2.75. The summed E-state index contributed by atoms with van der Waals surface area (Å²) < 4.78 is 31.3. The molecule has 6 nitrogen and oxygen atoms in total. The molecule has 1 aliphatic rings. The first-order valence-electron chi connectivity index (χ1n) is 10.9. The Morgan fingerprint density at radius 2 is 1.74 bits per heavy atom. The van der Waals surface area contributed by atoms with E-state index in [9.17, 15) is 13.2 Å². The van der Waals surface area contributed by atoms with E-state index in [1.165, 1.54) is 24.0 Å². The van der Waals surface area contributed by atoms with Gasteiger partial charge in [0.25, 0.3) is 0 Å². The zero-order chi connectivity index (χ0) is 22.4. The summed E-state index contributed by atoms with van der Waals surface area (Å²) in [6.07, 6.45) is 6.46. The van der Waals surface area contributed by atoms with Gasteiger partial charge in [-0.2, -0.15) is 0 Å². The van der Waals surface area contributed by atoms with Crippen LogP contribution in [-0.2, 0) is 27.7 Å². The molecule has 1 amide bonds. The van der Waals surface area contributed by atoms with Gasteiger partial charge in [-0.25, -0.2) is 8.42 Å². The van der Waals surface area contributed by atoms with E-state index < -0.39 is 10.0 Å². The molecule has 1 aliphatic carbocycles. The summed E-state index contributed by atoms with van der Waals surface area (Å²) in [6, 6.07) is 13.0. The zero-order valence-corrected chi connectivity index (χ0v) is 19.4. The van der Waals surface area contributed by atoms with E-state index in [4.69, 9.17) is 4.74 Å². The molecule has 2 aromatic carbocycles. The zero-order valence-electron chi connectivity index (χ0n) is 18.6. The lowest BCUT2D eigenvalue weighted by molar-refractivity contribution is -0.120. The Balaban J connectivity index is 1.73. The number of nitrogens with one attached hydrogen (secondary N) is 1. The third kappa shape index (κ3) is 6.00. The minimum Gasteiger partial charge on any atom is -0.494 e. The van der Waals surface area contributed by atoms with Crippen LogP contribution in [0, 0.1) is 0 Å². The molecule has 2 aromatic rings. The molecule has 0 bridgehead atoms. The summed E-state index contributed by atoms with van der Waals surface area (Å²) in [6.45, 7) is 4.16.